The highest BCUT2D eigenvalue weighted by Gasteiger charge is 2.25. The summed E-state index contributed by atoms with van der Waals surface area (Å²) in [5.41, 5.74) is 1.01. The van der Waals surface area contributed by atoms with Crippen molar-refractivity contribution < 1.29 is 18.7 Å². The Morgan fingerprint density at radius 2 is 2.00 bits per heavy atom. The van der Waals surface area contributed by atoms with E-state index in [2.05, 4.69) is 5.32 Å². The fourth-order valence-corrected chi connectivity index (χ4v) is 3.61. The molecule has 1 fully saturated rings. The molecule has 6 heteroatoms. The van der Waals surface area contributed by atoms with Crippen LogP contribution in [-0.2, 0) is 20.0 Å². The van der Waals surface area contributed by atoms with Crippen LogP contribution in [0.2, 0.25) is 0 Å². The van der Waals surface area contributed by atoms with Crippen molar-refractivity contribution >= 4 is 12.9 Å². The second-order valence-electron chi connectivity index (χ2n) is 5.00. The van der Waals surface area contributed by atoms with E-state index in [-0.39, 0.29) is 12.1 Å². The summed E-state index contributed by atoms with van der Waals surface area (Å²) in [5.74, 6) is 0. The van der Waals surface area contributed by atoms with Crippen LogP contribution in [0.4, 0.5) is 0 Å². The highest BCUT2D eigenvalue weighted by atomic mass is 31.2. The summed E-state index contributed by atoms with van der Waals surface area (Å²) in [5, 5.41) is 14.0. The van der Waals surface area contributed by atoms with Crippen LogP contribution >= 0.6 is 7.60 Å². The molecular weight excluding hydrogens is 277 g/mol. The van der Waals surface area contributed by atoms with Crippen molar-refractivity contribution in [1.82, 2.24) is 5.32 Å². The van der Waals surface area contributed by atoms with Gasteiger partial charge in [-0.15, -0.1) is 0 Å². The van der Waals surface area contributed by atoms with E-state index in [1.807, 2.05) is 12.1 Å². The summed E-state index contributed by atoms with van der Waals surface area (Å²) in [7, 11) is -0.446. The Hall–Kier alpha value is -0.710. The van der Waals surface area contributed by atoms with Gasteiger partial charge in [0, 0.05) is 20.3 Å². The molecule has 0 radical (unpaired) electrons. The van der Waals surface area contributed by atoms with Crippen LogP contribution in [0.1, 0.15) is 18.4 Å². The normalized spacial score (nSPS) is 21.1. The molecule has 1 saturated heterocycles. The summed E-state index contributed by atoms with van der Waals surface area (Å²) in [6.45, 7) is 0.978. The van der Waals surface area contributed by atoms with E-state index in [4.69, 9.17) is 9.05 Å². The Balaban J connectivity index is 2.02. The molecule has 20 heavy (non-hydrogen) atoms. The molecule has 1 aromatic carbocycles. The van der Waals surface area contributed by atoms with Crippen molar-refractivity contribution in [1.29, 1.82) is 0 Å². The first kappa shape index (κ1) is 15.7. The molecule has 1 aliphatic rings. The lowest BCUT2D eigenvalue weighted by atomic mass is 10.0. The first-order valence-electron chi connectivity index (χ1n) is 6.81. The Bertz CT molecular complexity index is 463. The molecule has 2 N–H and O–H groups in total. The maximum atomic E-state index is 12.2. The van der Waals surface area contributed by atoms with Gasteiger partial charge < -0.3 is 19.5 Å². The van der Waals surface area contributed by atoms with Crippen molar-refractivity contribution in [2.45, 2.75) is 31.4 Å². The van der Waals surface area contributed by atoms with E-state index in [0.29, 0.717) is 11.7 Å². The molecule has 0 unspecified atom stereocenters. The number of benzene rings is 1. The van der Waals surface area contributed by atoms with Gasteiger partial charge in [-0.05, 0) is 43.5 Å². The van der Waals surface area contributed by atoms with Crippen molar-refractivity contribution in [2.75, 3.05) is 20.8 Å². The molecule has 112 valence electrons. The van der Waals surface area contributed by atoms with Gasteiger partial charge in [0.15, 0.2) is 0 Å². The minimum atomic E-state index is -3.18. The van der Waals surface area contributed by atoms with E-state index in [1.54, 1.807) is 12.1 Å². The molecule has 0 aliphatic carbocycles. The van der Waals surface area contributed by atoms with Gasteiger partial charge in [-0.25, -0.2) is 0 Å². The van der Waals surface area contributed by atoms with Crippen LogP contribution in [0, 0.1) is 0 Å². The third-order valence-electron chi connectivity index (χ3n) is 3.74. The Morgan fingerprint density at radius 1 is 1.35 bits per heavy atom. The van der Waals surface area contributed by atoms with E-state index in [0.717, 1.165) is 24.9 Å². The quantitative estimate of drug-likeness (QED) is 0.778. The highest BCUT2D eigenvalue weighted by molar-refractivity contribution is 7.62. The molecule has 0 bridgehead atoms. The molecule has 0 amide bonds. The predicted molar refractivity (Wildman–Crippen MR) is 78.4 cm³/mol. The first-order valence-corrected chi connectivity index (χ1v) is 8.36. The van der Waals surface area contributed by atoms with Crippen LogP contribution in [0.25, 0.3) is 0 Å². The Labute approximate surface area is 119 Å². The second-order valence-corrected chi connectivity index (χ2v) is 7.25. The maximum Gasteiger partial charge on any atom is 0.360 e. The highest BCUT2D eigenvalue weighted by Crippen LogP contribution is 2.44. The smallest absolute Gasteiger partial charge is 0.360 e. The number of hydrogen-bond acceptors (Lipinski definition) is 5. The molecular formula is C14H22NO4P. The average molecular weight is 299 g/mol. The number of aliphatic hydroxyl groups excluding tert-OH is 1. The monoisotopic (exact) mass is 299 g/mol. The molecule has 5 nitrogen and oxygen atoms in total. The molecule has 0 spiro atoms. The summed E-state index contributed by atoms with van der Waals surface area (Å²) in [6, 6.07) is 7.37. The molecule has 1 aromatic rings. The average Bonchev–Trinajstić information content (AvgIpc) is 3.01. The lowest BCUT2D eigenvalue weighted by molar-refractivity contribution is 0.136. The third-order valence-corrected chi connectivity index (χ3v) is 5.63. The topological polar surface area (TPSA) is 67.8 Å². The lowest BCUT2D eigenvalue weighted by Crippen LogP contribution is -2.36. The van der Waals surface area contributed by atoms with Gasteiger partial charge >= 0.3 is 7.60 Å². The fraction of sp³-hybridized carbons (Fsp3) is 0.571. The van der Waals surface area contributed by atoms with Gasteiger partial charge in [-0.3, -0.25) is 4.57 Å². The molecule has 2 atom stereocenters. The maximum absolute atomic E-state index is 12.2. The van der Waals surface area contributed by atoms with Gasteiger partial charge in [-0.2, -0.15) is 0 Å². The van der Waals surface area contributed by atoms with Gasteiger partial charge in [0.25, 0.3) is 0 Å². The van der Waals surface area contributed by atoms with Crippen molar-refractivity contribution in [3.8, 4) is 0 Å². The predicted octanol–water partition coefficient (Wildman–Crippen LogP) is 1.45. The van der Waals surface area contributed by atoms with E-state index >= 15 is 0 Å². The number of aliphatic hydroxyl groups is 1. The number of hydrogen-bond donors (Lipinski definition) is 2. The summed E-state index contributed by atoms with van der Waals surface area (Å²) < 4.78 is 22.1. The summed E-state index contributed by atoms with van der Waals surface area (Å²) in [6.07, 6.45) is 2.33. The molecule has 0 aromatic heterocycles. The van der Waals surface area contributed by atoms with Crippen LogP contribution in [0.3, 0.4) is 0 Å². The van der Waals surface area contributed by atoms with E-state index < -0.39 is 7.60 Å². The lowest BCUT2D eigenvalue weighted by Gasteiger charge is -2.19. The van der Waals surface area contributed by atoms with E-state index in [1.165, 1.54) is 14.2 Å². The van der Waals surface area contributed by atoms with Crippen molar-refractivity contribution in [2.24, 2.45) is 0 Å². The standard InChI is InChI=1S/C14H22NO4P/c1-18-20(17,19-2)12-7-5-11(6-8-12)10-14(16)13-4-3-9-15-13/h5-8,13-16H,3-4,9-10H2,1-2H3/t13-,14+/m0/s1. The zero-order chi connectivity index (χ0) is 14.6. The minimum Gasteiger partial charge on any atom is -0.391 e. The van der Waals surface area contributed by atoms with Crippen LogP contribution < -0.4 is 10.6 Å². The summed E-state index contributed by atoms with van der Waals surface area (Å²) >= 11 is 0. The zero-order valence-electron chi connectivity index (χ0n) is 11.9. The van der Waals surface area contributed by atoms with Gasteiger partial charge in [0.05, 0.1) is 11.4 Å². The van der Waals surface area contributed by atoms with Gasteiger partial charge in [-0.1, -0.05) is 12.1 Å². The SMILES string of the molecule is COP(=O)(OC)c1ccc(C[C@@H](O)[C@@H]2CCCN2)cc1. The Morgan fingerprint density at radius 3 is 2.50 bits per heavy atom. The van der Waals surface area contributed by atoms with Crippen LogP contribution in [0.5, 0.6) is 0 Å². The van der Waals surface area contributed by atoms with Crippen LogP contribution in [-0.4, -0.2) is 38.0 Å². The molecule has 1 aliphatic heterocycles. The second kappa shape index (κ2) is 6.83. The number of nitrogens with one attached hydrogen (secondary N) is 1. The minimum absolute atomic E-state index is 0.179. The van der Waals surface area contributed by atoms with E-state index in [9.17, 15) is 9.67 Å². The first-order chi connectivity index (χ1) is 9.59. The Kier molecular flexibility index (Phi) is 5.35. The molecule has 1 heterocycles. The van der Waals surface area contributed by atoms with Gasteiger partial charge in [0.2, 0.25) is 0 Å². The number of rotatable bonds is 6. The van der Waals surface area contributed by atoms with Crippen molar-refractivity contribution in [3.05, 3.63) is 29.8 Å². The zero-order valence-corrected chi connectivity index (χ0v) is 12.8. The fourth-order valence-electron chi connectivity index (χ4n) is 2.52. The summed E-state index contributed by atoms with van der Waals surface area (Å²) in [4.78, 5) is 0. The third kappa shape index (κ3) is 3.48. The van der Waals surface area contributed by atoms with Crippen LogP contribution in [0.15, 0.2) is 24.3 Å². The molecule has 2 rings (SSSR count). The molecule has 0 saturated carbocycles. The van der Waals surface area contributed by atoms with Gasteiger partial charge in [0.1, 0.15) is 0 Å². The largest absolute Gasteiger partial charge is 0.391 e. The van der Waals surface area contributed by atoms with Crippen molar-refractivity contribution in [3.63, 3.8) is 0 Å².